The lowest BCUT2D eigenvalue weighted by Crippen LogP contribution is -2.33. The van der Waals surface area contributed by atoms with Crippen molar-refractivity contribution < 1.29 is 24.2 Å². The van der Waals surface area contributed by atoms with E-state index in [1.54, 1.807) is 41.7 Å². The third-order valence-corrected chi connectivity index (χ3v) is 7.04. The minimum Gasteiger partial charge on any atom is -0.505 e. The number of carbonyl (C=O) groups is 2. The maximum Gasteiger partial charge on any atom is 0.295 e. The fourth-order valence-corrected chi connectivity index (χ4v) is 5.12. The molecule has 1 aliphatic rings. The topological polar surface area (TPSA) is 96.6 Å². The fraction of sp³-hybridized carbons (Fsp3) is 0.414. The van der Waals surface area contributed by atoms with E-state index >= 15 is 0 Å². The molecule has 1 saturated heterocycles. The van der Waals surface area contributed by atoms with Gasteiger partial charge >= 0.3 is 0 Å². The van der Waals surface area contributed by atoms with E-state index in [2.05, 4.69) is 23.7 Å². The zero-order valence-electron chi connectivity index (χ0n) is 22.7. The maximum absolute atomic E-state index is 13.5. The Hall–Kier alpha value is -3.85. The first-order valence-electron chi connectivity index (χ1n) is 13.1. The minimum absolute atomic E-state index is 0.0396. The van der Waals surface area contributed by atoms with Gasteiger partial charge in [0.05, 0.1) is 31.0 Å². The van der Waals surface area contributed by atoms with Gasteiger partial charge in [-0.1, -0.05) is 26.0 Å². The predicted octanol–water partition coefficient (Wildman–Crippen LogP) is 4.20. The Labute approximate surface area is 223 Å². The molecule has 9 nitrogen and oxygen atoms in total. The van der Waals surface area contributed by atoms with Crippen molar-refractivity contribution in [2.45, 2.75) is 40.2 Å². The molecule has 1 N–H and O–H groups in total. The van der Waals surface area contributed by atoms with E-state index in [9.17, 15) is 14.7 Å². The smallest absolute Gasteiger partial charge is 0.295 e. The van der Waals surface area contributed by atoms with Gasteiger partial charge in [0, 0.05) is 12.7 Å². The van der Waals surface area contributed by atoms with Crippen LogP contribution >= 0.6 is 0 Å². The van der Waals surface area contributed by atoms with Crippen molar-refractivity contribution in [3.63, 3.8) is 0 Å². The summed E-state index contributed by atoms with van der Waals surface area (Å²) in [6, 6.07) is 10.1. The molecule has 9 heteroatoms. The van der Waals surface area contributed by atoms with Crippen LogP contribution in [-0.2, 0) is 9.59 Å². The van der Waals surface area contributed by atoms with Crippen molar-refractivity contribution in [3.05, 3.63) is 65.1 Å². The summed E-state index contributed by atoms with van der Waals surface area (Å²) < 4.78 is 13.0. The van der Waals surface area contributed by atoms with Crippen molar-refractivity contribution in [3.8, 4) is 11.5 Å². The summed E-state index contributed by atoms with van der Waals surface area (Å²) in [6.45, 7) is 11.3. The van der Waals surface area contributed by atoms with Crippen molar-refractivity contribution in [1.82, 2.24) is 19.2 Å². The largest absolute Gasteiger partial charge is 0.505 e. The van der Waals surface area contributed by atoms with Crippen molar-refractivity contribution >= 4 is 23.1 Å². The number of benzene rings is 1. The third kappa shape index (κ3) is 4.98. The zero-order chi connectivity index (χ0) is 27.4. The van der Waals surface area contributed by atoms with Gasteiger partial charge in [0.15, 0.2) is 17.3 Å². The quantitative estimate of drug-likeness (QED) is 0.230. The molecule has 1 atom stereocenters. The monoisotopic (exact) mass is 520 g/mol. The van der Waals surface area contributed by atoms with Crippen molar-refractivity contribution in [2.24, 2.45) is 0 Å². The molecule has 38 heavy (non-hydrogen) atoms. The van der Waals surface area contributed by atoms with Gasteiger partial charge in [-0.25, -0.2) is 4.98 Å². The van der Waals surface area contributed by atoms with E-state index in [-0.39, 0.29) is 11.3 Å². The second-order valence-corrected chi connectivity index (χ2v) is 9.19. The number of hydrogen-bond donors (Lipinski definition) is 1. The van der Waals surface area contributed by atoms with Crippen LogP contribution in [0, 0.1) is 6.92 Å². The molecule has 202 valence electrons. The van der Waals surface area contributed by atoms with Gasteiger partial charge in [0.2, 0.25) is 0 Å². The number of pyridine rings is 1. The number of rotatable bonds is 11. The molecule has 0 saturated carbocycles. The molecule has 0 radical (unpaired) electrons. The van der Waals surface area contributed by atoms with Crippen LogP contribution in [0.25, 0.3) is 11.4 Å². The first-order valence-corrected chi connectivity index (χ1v) is 13.1. The van der Waals surface area contributed by atoms with Crippen molar-refractivity contribution in [2.75, 3.05) is 39.9 Å². The Balaban J connectivity index is 1.85. The van der Waals surface area contributed by atoms with Gasteiger partial charge in [-0.05, 0) is 69.7 Å². The molecule has 1 unspecified atom stereocenters. The number of amides is 1. The van der Waals surface area contributed by atoms with E-state index in [0.29, 0.717) is 53.7 Å². The van der Waals surface area contributed by atoms with Crippen LogP contribution in [0.2, 0.25) is 0 Å². The molecule has 0 bridgehead atoms. The number of ketones is 1. The number of ether oxygens (including phenoxy) is 2. The summed E-state index contributed by atoms with van der Waals surface area (Å²) in [5.74, 6) is -0.536. The molecule has 3 heterocycles. The summed E-state index contributed by atoms with van der Waals surface area (Å²) in [5, 5.41) is 11.6. The van der Waals surface area contributed by atoms with E-state index < -0.39 is 17.7 Å². The Kier molecular flexibility index (Phi) is 8.36. The van der Waals surface area contributed by atoms with Gasteiger partial charge in [-0.15, -0.1) is 0 Å². The lowest BCUT2D eigenvalue weighted by atomic mass is 9.95. The van der Waals surface area contributed by atoms with Crippen LogP contribution in [0.15, 0.2) is 48.2 Å². The summed E-state index contributed by atoms with van der Waals surface area (Å²) in [5.41, 5.74) is 2.28. The number of aromatic nitrogens is 2. The highest BCUT2D eigenvalue weighted by Gasteiger charge is 2.46. The Morgan fingerprint density at radius 1 is 1.11 bits per heavy atom. The number of likely N-dealkylation sites (tertiary alicyclic amines) is 1. The van der Waals surface area contributed by atoms with Crippen LogP contribution < -0.4 is 9.47 Å². The molecule has 1 aromatic carbocycles. The SMILES string of the molecule is CCOc1ccc(C2/C(=C(\O)c3c(C)nc4ccccn34)C(=O)C(=O)N2CCCN(CC)CC)cc1OC. The summed E-state index contributed by atoms with van der Waals surface area (Å²) in [6.07, 6.45) is 2.47. The summed E-state index contributed by atoms with van der Waals surface area (Å²) >= 11 is 0. The van der Waals surface area contributed by atoms with E-state index in [0.717, 1.165) is 19.6 Å². The molecule has 1 amide bonds. The van der Waals surface area contributed by atoms with E-state index in [4.69, 9.17) is 9.47 Å². The number of hydrogen-bond acceptors (Lipinski definition) is 7. The Bertz CT molecular complexity index is 1360. The standard InChI is InChI=1S/C29H36N4O5/c1-6-31(7-2)15-11-17-33-26(20-13-14-21(38-8-3)22(18-20)37-5)24(28(35)29(33)36)27(34)25-19(4)30-23-12-9-10-16-32(23)25/h9-10,12-14,16,18,26,34H,6-8,11,15,17H2,1-5H3/b27-24+. The number of Topliss-reactive ketones (excluding diaryl/α,β-unsaturated/α-hetero) is 1. The Morgan fingerprint density at radius 3 is 2.55 bits per heavy atom. The normalized spacial score (nSPS) is 17.1. The van der Waals surface area contributed by atoms with Gasteiger partial charge in [0.25, 0.3) is 11.7 Å². The lowest BCUT2D eigenvalue weighted by Gasteiger charge is -2.27. The molecule has 0 spiro atoms. The van der Waals surface area contributed by atoms with Gasteiger partial charge in [-0.2, -0.15) is 0 Å². The van der Waals surface area contributed by atoms with Crippen LogP contribution in [0.1, 0.15) is 50.2 Å². The highest BCUT2D eigenvalue weighted by Crippen LogP contribution is 2.42. The van der Waals surface area contributed by atoms with Crippen LogP contribution in [0.5, 0.6) is 11.5 Å². The third-order valence-electron chi connectivity index (χ3n) is 7.04. The number of imidazole rings is 1. The number of aliphatic hydroxyl groups excluding tert-OH is 1. The minimum atomic E-state index is -0.787. The van der Waals surface area contributed by atoms with Crippen LogP contribution in [0.3, 0.4) is 0 Å². The lowest BCUT2D eigenvalue weighted by molar-refractivity contribution is -0.140. The van der Waals surface area contributed by atoms with Crippen molar-refractivity contribution in [1.29, 1.82) is 0 Å². The molecule has 2 aromatic heterocycles. The predicted molar refractivity (Wildman–Crippen MR) is 146 cm³/mol. The Morgan fingerprint density at radius 2 is 1.87 bits per heavy atom. The van der Waals surface area contributed by atoms with E-state index in [1.807, 2.05) is 31.2 Å². The second-order valence-electron chi connectivity index (χ2n) is 9.19. The molecule has 3 aromatic rings. The first kappa shape index (κ1) is 27.2. The number of fused-ring (bicyclic) bond motifs is 1. The molecular formula is C29H36N4O5. The van der Waals surface area contributed by atoms with Crippen LogP contribution in [0.4, 0.5) is 0 Å². The highest BCUT2D eigenvalue weighted by atomic mass is 16.5. The summed E-state index contributed by atoms with van der Waals surface area (Å²) in [4.78, 5) is 35.3. The average molecular weight is 521 g/mol. The molecule has 1 fully saturated rings. The highest BCUT2D eigenvalue weighted by molar-refractivity contribution is 6.46. The molecule has 4 rings (SSSR count). The second kappa shape index (κ2) is 11.7. The van der Waals surface area contributed by atoms with Gasteiger partial charge < -0.3 is 24.4 Å². The zero-order valence-corrected chi connectivity index (χ0v) is 22.7. The van der Waals surface area contributed by atoms with E-state index in [1.165, 1.54) is 0 Å². The average Bonchev–Trinajstić information content (AvgIpc) is 3.39. The first-order chi connectivity index (χ1) is 18.4. The number of aliphatic hydroxyl groups is 1. The number of nitrogens with zero attached hydrogens (tertiary/aromatic N) is 4. The number of methoxy groups -OCH3 is 1. The number of carbonyl (C=O) groups excluding carboxylic acids is 2. The fourth-order valence-electron chi connectivity index (χ4n) is 5.12. The summed E-state index contributed by atoms with van der Waals surface area (Å²) in [7, 11) is 1.55. The molecule has 0 aliphatic carbocycles. The molecule has 1 aliphatic heterocycles. The van der Waals surface area contributed by atoms with Crippen LogP contribution in [-0.4, -0.2) is 75.9 Å². The number of aryl methyl sites for hydroxylation is 1. The maximum atomic E-state index is 13.5. The molecular weight excluding hydrogens is 484 g/mol. The van der Waals surface area contributed by atoms with Gasteiger partial charge in [-0.3, -0.25) is 14.0 Å². The van der Waals surface area contributed by atoms with Gasteiger partial charge in [0.1, 0.15) is 11.3 Å².